The van der Waals surface area contributed by atoms with Crippen molar-refractivity contribution >= 4 is 5.97 Å². The fraction of sp³-hybridized carbons (Fsp3) is 0.950. The molecule has 0 aromatic rings. The first-order valence-corrected chi connectivity index (χ1v) is 9.54. The number of carbonyl (C=O) groups is 1. The van der Waals surface area contributed by atoms with E-state index < -0.39 is 5.60 Å². The number of esters is 1. The van der Waals surface area contributed by atoms with E-state index in [1.807, 2.05) is 0 Å². The van der Waals surface area contributed by atoms with Crippen LogP contribution in [-0.4, -0.2) is 23.3 Å². The average molecular weight is 320 g/mol. The molecule has 3 saturated carbocycles. The Bertz CT molecular complexity index is 541. The number of cyclic esters (lactones) is 1. The van der Waals surface area contributed by atoms with E-state index in [0.717, 1.165) is 18.8 Å². The highest BCUT2D eigenvalue weighted by Crippen LogP contribution is 2.70. The van der Waals surface area contributed by atoms with Gasteiger partial charge in [-0.05, 0) is 66.6 Å². The molecule has 0 spiro atoms. The Balaban J connectivity index is 1.75. The second-order valence-electron chi connectivity index (χ2n) is 10.1. The zero-order valence-electron chi connectivity index (χ0n) is 15.2. The number of hydrogen-bond acceptors (Lipinski definition) is 3. The summed E-state index contributed by atoms with van der Waals surface area (Å²) in [7, 11) is 0. The van der Waals surface area contributed by atoms with Crippen LogP contribution in [0.2, 0.25) is 0 Å². The van der Waals surface area contributed by atoms with E-state index in [1.165, 1.54) is 25.7 Å². The Morgan fingerprint density at radius 1 is 0.913 bits per heavy atom. The Hall–Kier alpha value is -0.570. The molecule has 6 atom stereocenters. The van der Waals surface area contributed by atoms with Crippen LogP contribution in [-0.2, 0) is 9.53 Å². The van der Waals surface area contributed by atoms with Gasteiger partial charge in [0, 0.05) is 5.92 Å². The molecule has 0 aromatic carbocycles. The molecule has 1 heterocycles. The molecular formula is C20H32O3. The van der Waals surface area contributed by atoms with Gasteiger partial charge in [0.05, 0.1) is 6.61 Å². The van der Waals surface area contributed by atoms with Gasteiger partial charge in [-0.3, -0.25) is 0 Å². The third kappa shape index (κ3) is 1.83. The Morgan fingerprint density at radius 3 is 2.30 bits per heavy atom. The van der Waals surface area contributed by atoms with Gasteiger partial charge in [0.25, 0.3) is 0 Å². The van der Waals surface area contributed by atoms with Crippen molar-refractivity contribution in [1.82, 2.24) is 0 Å². The molecule has 1 aliphatic heterocycles. The number of hydrogen-bond donors (Lipinski definition) is 1. The molecule has 23 heavy (non-hydrogen) atoms. The summed E-state index contributed by atoms with van der Waals surface area (Å²) in [6.45, 7) is 10.2. The molecule has 0 radical (unpaired) electrons. The van der Waals surface area contributed by atoms with Crippen LogP contribution in [0.1, 0.15) is 72.6 Å². The van der Waals surface area contributed by atoms with Crippen LogP contribution in [0, 0.1) is 34.0 Å². The molecular weight excluding hydrogens is 288 g/mol. The third-order valence-corrected chi connectivity index (χ3v) is 8.76. The second-order valence-corrected chi connectivity index (χ2v) is 10.1. The minimum absolute atomic E-state index is 0.0101. The topological polar surface area (TPSA) is 46.5 Å². The normalized spacial score (nSPS) is 54.7. The van der Waals surface area contributed by atoms with Crippen molar-refractivity contribution in [3.63, 3.8) is 0 Å². The van der Waals surface area contributed by atoms with Crippen molar-refractivity contribution < 1.29 is 14.6 Å². The lowest BCUT2D eigenvalue weighted by Crippen LogP contribution is -2.63. The summed E-state index contributed by atoms with van der Waals surface area (Å²) < 4.78 is 5.34. The first kappa shape index (κ1) is 15.9. The summed E-state index contributed by atoms with van der Waals surface area (Å²) in [4.78, 5) is 12.1. The minimum Gasteiger partial charge on any atom is -0.463 e. The molecule has 4 aliphatic rings. The fourth-order valence-corrected chi connectivity index (χ4v) is 7.70. The predicted molar refractivity (Wildman–Crippen MR) is 88.7 cm³/mol. The number of aliphatic hydroxyl groups is 1. The molecule has 4 fully saturated rings. The predicted octanol–water partition coefficient (Wildman–Crippen LogP) is 3.93. The zero-order valence-corrected chi connectivity index (χ0v) is 15.2. The van der Waals surface area contributed by atoms with Crippen LogP contribution in [0.5, 0.6) is 0 Å². The molecule has 1 unspecified atom stereocenters. The van der Waals surface area contributed by atoms with Crippen molar-refractivity contribution in [1.29, 1.82) is 0 Å². The van der Waals surface area contributed by atoms with Crippen LogP contribution in [0.15, 0.2) is 0 Å². The van der Waals surface area contributed by atoms with Gasteiger partial charge in [0.15, 0.2) is 5.60 Å². The molecule has 1 N–H and O–H groups in total. The van der Waals surface area contributed by atoms with E-state index in [1.54, 1.807) is 0 Å². The standard InChI is InChI=1S/C20H32O3/c1-17(2)8-5-9-18(3)13(17)6-10-19(4)14(18)7-11-20(22)15(19)12-23-16(20)21/h13-15,22H,5-12H2,1-4H3/t13-,14?,15-,18-,19+,20-/m0/s1. The number of fused-ring (bicyclic) bond motifs is 5. The van der Waals surface area contributed by atoms with Crippen molar-refractivity contribution in [2.45, 2.75) is 78.2 Å². The molecule has 0 aromatic heterocycles. The van der Waals surface area contributed by atoms with Crippen LogP contribution in [0.4, 0.5) is 0 Å². The lowest BCUT2D eigenvalue weighted by molar-refractivity contribution is -0.202. The van der Waals surface area contributed by atoms with Crippen LogP contribution >= 0.6 is 0 Å². The third-order valence-electron chi connectivity index (χ3n) is 8.76. The van der Waals surface area contributed by atoms with Gasteiger partial charge >= 0.3 is 5.97 Å². The molecule has 4 rings (SSSR count). The Morgan fingerprint density at radius 2 is 1.57 bits per heavy atom. The van der Waals surface area contributed by atoms with Gasteiger partial charge in [-0.2, -0.15) is 0 Å². The van der Waals surface area contributed by atoms with Gasteiger partial charge in [-0.25, -0.2) is 4.79 Å². The van der Waals surface area contributed by atoms with Crippen LogP contribution < -0.4 is 0 Å². The van der Waals surface area contributed by atoms with Crippen molar-refractivity contribution in [2.24, 2.45) is 34.0 Å². The molecule has 1 saturated heterocycles. The van der Waals surface area contributed by atoms with Crippen molar-refractivity contribution in [3.8, 4) is 0 Å². The molecule has 3 heteroatoms. The van der Waals surface area contributed by atoms with E-state index in [0.29, 0.717) is 29.8 Å². The molecule has 0 amide bonds. The highest BCUT2D eigenvalue weighted by molar-refractivity contribution is 5.82. The van der Waals surface area contributed by atoms with Crippen LogP contribution in [0.25, 0.3) is 0 Å². The number of carbonyl (C=O) groups excluding carboxylic acids is 1. The fourth-order valence-electron chi connectivity index (χ4n) is 7.70. The van der Waals surface area contributed by atoms with Crippen molar-refractivity contribution in [2.75, 3.05) is 6.61 Å². The Kier molecular flexibility index (Phi) is 3.14. The maximum Gasteiger partial charge on any atom is 0.338 e. The Labute approximate surface area is 140 Å². The summed E-state index contributed by atoms with van der Waals surface area (Å²) in [6.07, 6.45) is 7.90. The monoisotopic (exact) mass is 320 g/mol. The quantitative estimate of drug-likeness (QED) is 0.688. The summed E-state index contributed by atoms with van der Waals surface area (Å²) in [5.41, 5.74) is -0.401. The highest BCUT2D eigenvalue weighted by Gasteiger charge is 2.68. The minimum atomic E-state index is -1.21. The molecule has 3 nitrogen and oxygen atoms in total. The van der Waals surface area contributed by atoms with Gasteiger partial charge in [-0.1, -0.05) is 34.1 Å². The van der Waals surface area contributed by atoms with Crippen molar-refractivity contribution in [3.05, 3.63) is 0 Å². The van der Waals surface area contributed by atoms with Gasteiger partial charge < -0.3 is 9.84 Å². The molecule has 0 bridgehead atoms. The zero-order chi connectivity index (χ0) is 16.7. The lowest BCUT2D eigenvalue weighted by Gasteiger charge is -2.66. The maximum atomic E-state index is 12.1. The maximum absolute atomic E-state index is 12.1. The van der Waals surface area contributed by atoms with Gasteiger partial charge in [0.2, 0.25) is 0 Å². The first-order valence-electron chi connectivity index (χ1n) is 9.54. The SMILES string of the molecule is CC1(C)CCC[C@]2(C)C3CC[C@@]4(O)C(=O)OC[C@H]4[C@]3(C)CC[C@@H]12. The van der Waals surface area contributed by atoms with Crippen LogP contribution in [0.3, 0.4) is 0 Å². The van der Waals surface area contributed by atoms with Gasteiger partial charge in [0.1, 0.15) is 0 Å². The summed E-state index contributed by atoms with van der Waals surface area (Å²) in [5.74, 6) is 1.00. The smallest absolute Gasteiger partial charge is 0.338 e. The van der Waals surface area contributed by atoms with E-state index >= 15 is 0 Å². The summed E-state index contributed by atoms with van der Waals surface area (Å²) >= 11 is 0. The molecule has 3 aliphatic carbocycles. The summed E-state index contributed by atoms with van der Waals surface area (Å²) in [6, 6.07) is 0. The first-order chi connectivity index (χ1) is 10.6. The second kappa shape index (κ2) is 4.53. The number of ether oxygens (including phenoxy) is 1. The highest BCUT2D eigenvalue weighted by atomic mass is 16.6. The van der Waals surface area contributed by atoms with Gasteiger partial charge in [-0.15, -0.1) is 0 Å². The van der Waals surface area contributed by atoms with E-state index in [2.05, 4.69) is 27.7 Å². The van der Waals surface area contributed by atoms with E-state index in [9.17, 15) is 9.90 Å². The lowest BCUT2D eigenvalue weighted by atomic mass is 9.38. The van der Waals surface area contributed by atoms with E-state index in [4.69, 9.17) is 4.74 Å². The molecule has 130 valence electrons. The summed E-state index contributed by atoms with van der Waals surface area (Å²) in [5, 5.41) is 11.0. The largest absolute Gasteiger partial charge is 0.463 e. The average Bonchev–Trinajstić information content (AvgIpc) is 2.74. The number of rotatable bonds is 0. The van der Waals surface area contributed by atoms with E-state index in [-0.39, 0.29) is 17.3 Å².